The molecule has 0 radical (unpaired) electrons. The van der Waals surface area contributed by atoms with Crippen LogP contribution in [0.25, 0.3) is 0 Å². The molecule has 0 aliphatic carbocycles. The number of rotatable bonds is 3. The van der Waals surface area contributed by atoms with Crippen LogP contribution in [0.1, 0.15) is 34.1 Å². The van der Waals surface area contributed by atoms with E-state index in [1.807, 2.05) is 13.8 Å². The van der Waals surface area contributed by atoms with E-state index < -0.39 is 0 Å². The van der Waals surface area contributed by atoms with Crippen LogP contribution in [0.4, 0.5) is 0 Å². The van der Waals surface area contributed by atoms with Gasteiger partial charge < -0.3 is 0 Å². The molecule has 0 spiro atoms. The van der Waals surface area contributed by atoms with Crippen LogP contribution < -0.4 is 0 Å². The lowest BCUT2D eigenvalue weighted by Crippen LogP contribution is -1.89. The normalized spacial score (nSPS) is 12.4. The van der Waals surface area contributed by atoms with Gasteiger partial charge in [-0.2, -0.15) is 0 Å². The average molecular weight is 150 g/mol. The second-order valence-electron chi connectivity index (χ2n) is 3.02. The second-order valence-corrected chi connectivity index (χ2v) is 3.02. The first-order chi connectivity index (χ1) is 5.00. The Balaban J connectivity index is 4.83. The van der Waals surface area contributed by atoms with E-state index in [0.29, 0.717) is 0 Å². The van der Waals surface area contributed by atoms with Gasteiger partial charge in [-0.05, 0) is 38.3 Å². The van der Waals surface area contributed by atoms with Crippen LogP contribution in [-0.4, -0.2) is 0 Å². The van der Waals surface area contributed by atoms with Crippen LogP contribution in [0.3, 0.4) is 0 Å². The molecule has 0 amide bonds. The van der Waals surface area contributed by atoms with Gasteiger partial charge in [-0.15, -0.1) is 0 Å². The van der Waals surface area contributed by atoms with Crippen LogP contribution >= 0.6 is 0 Å². The summed E-state index contributed by atoms with van der Waals surface area (Å²) in [5, 5.41) is 0. The summed E-state index contributed by atoms with van der Waals surface area (Å²) in [6.07, 6.45) is 1.05. The van der Waals surface area contributed by atoms with Gasteiger partial charge >= 0.3 is 0 Å². The van der Waals surface area contributed by atoms with Gasteiger partial charge in [0.25, 0.3) is 0 Å². The summed E-state index contributed by atoms with van der Waals surface area (Å²) in [6.45, 7) is 16.2. The van der Waals surface area contributed by atoms with E-state index in [1.54, 1.807) is 0 Å². The molecule has 0 rings (SSSR count). The van der Waals surface area contributed by atoms with Crippen molar-refractivity contribution in [2.45, 2.75) is 34.1 Å². The highest BCUT2D eigenvalue weighted by atomic mass is 14.1. The summed E-state index contributed by atoms with van der Waals surface area (Å²) in [6, 6.07) is 0. The summed E-state index contributed by atoms with van der Waals surface area (Å²) in [5.41, 5.74) is 4.94. The molecule has 0 saturated heterocycles. The van der Waals surface area contributed by atoms with Crippen LogP contribution in [0, 0.1) is 0 Å². The summed E-state index contributed by atoms with van der Waals surface area (Å²) in [5.74, 6) is 0. The van der Waals surface area contributed by atoms with Crippen LogP contribution in [-0.2, 0) is 0 Å². The van der Waals surface area contributed by atoms with Crippen molar-refractivity contribution in [3.05, 3.63) is 35.5 Å². The quantitative estimate of drug-likeness (QED) is 0.536. The molecule has 0 saturated carbocycles. The summed E-state index contributed by atoms with van der Waals surface area (Å²) in [7, 11) is 0. The maximum atomic E-state index is 3.93. The lowest BCUT2D eigenvalue weighted by atomic mass is 9.97. The monoisotopic (exact) mass is 150 g/mol. The Morgan fingerprint density at radius 2 is 1.45 bits per heavy atom. The lowest BCUT2D eigenvalue weighted by molar-refractivity contribution is 1.07. The molecular formula is C11H18. The van der Waals surface area contributed by atoms with E-state index >= 15 is 0 Å². The minimum Gasteiger partial charge on any atom is -0.0958 e. The highest BCUT2D eigenvalue weighted by molar-refractivity contribution is 5.39. The van der Waals surface area contributed by atoms with Crippen molar-refractivity contribution in [2.24, 2.45) is 0 Å². The maximum absolute atomic E-state index is 3.93. The van der Waals surface area contributed by atoms with E-state index in [1.165, 1.54) is 11.1 Å². The number of hydrogen-bond donors (Lipinski definition) is 0. The maximum Gasteiger partial charge on any atom is -0.0302 e. The zero-order valence-corrected chi connectivity index (χ0v) is 8.12. The average Bonchev–Trinajstić information content (AvgIpc) is 1.88. The Labute approximate surface area is 70.3 Å². The fourth-order valence-corrected chi connectivity index (χ4v) is 1.14. The first kappa shape index (κ1) is 10.2. The Morgan fingerprint density at radius 1 is 1.00 bits per heavy atom. The summed E-state index contributed by atoms with van der Waals surface area (Å²) in [4.78, 5) is 0. The van der Waals surface area contributed by atoms with E-state index in [9.17, 15) is 0 Å². The lowest BCUT2D eigenvalue weighted by Gasteiger charge is -2.09. The first-order valence-electron chi connectivity index (χ1n) is 4.02. The van der Waals surface area contributed by atoms with Gasteiger partial charge in [-0.1, -0.05) is 31.2 Å². The SMILES string of the molecule is C=C(C)/C(C)=C(/CC)C(=C)C. The molecule has 0 atom stereocenters. The minimum absolute atomic E-state index is 1.05. The Hall–Kier alpha value is -0.780. The molecule has 0 aromatic heterocycles. The van der Waals surface area contributed by atoms with Gasteiger partial charge in [0.05, 0.1) is 0 Å². The molecular weight excluding hydrogens is 132 g/mol. The van der Waals surface area contributed by atoms with Crippen molar-refractivity contribution in [2.75, 3.05) is 0 Å². The van der Waals surface area contributed by atoms with Gasteiger partial charge in [-0.25, -0.2) is 0 Å². The Bertz CT molecular complexity index is 204. The molecule has 0 unspecified atom stereocenters. The number of allylic oxidation sites excluding steroid dienone is 4. The summed E-state index contributed by atoms with van der Waals surface area (Å²) >= 11 is 0. The summed E-state index contributed by atoms with van der Waals surface area (Å²) < 4.78 is 0. The molecule has 0 aromatic rings. The minimum atomic E-state index is 1.05. The van der Waals surface area contributed by atoms with Gasteiger partial charge in [0.15, 0.2) is 0 Å². The second kappa shape index (κ2) is 4.17. The highest BCUT2D eigenvalue weighted by Crippen LogP contribution is 2.20. The zero-order valence-electron chi connectivity index (χ0n) is 8.12. The zero-order chi connectivity index (χ0) is 9.02. The molecule has 0 aliphatic heterocycles. The molecule has 0 aromatic carbocycles. The van der Waals surface area contributed by atoms with Crippen LogP contribution in [0.5, 0.6) is 0 Å². The van der Waals surface area contributed by atoms with Gasteiger partial charge in [0.1, 0.15) is 0 Å². The van der Waals surface area contributed by atoms with E-state index in [2.05, 4.69) is 27.0 Å². The van der Waals surface area contributed by atoms with Gasteiger partial charge in [-0.3, -0.25) is 0 Å². The molecule has 0 N–H and O–H groups in total. The van der Waals surface area contributed by atoms with E-state index in [4.69, 9.17) is 0 Å². The Kier molecular flexibility index (Phi) is 3.88. The third-order valence-electron chi connectivity index (χ3n) is 1.96. The van der Waals surface area contributed by atoms with Crippen molar-refractivity contribution in [3.8, 4) is 0 Å². The molecule has 62 valence electrons. The van der Waals surface area contributed by atoms with Crippen molar-refractivity contribution >= 4 is 0 Å². The molecule has 11 heavy (non-hydrogen) atoms. The first-order valence-corrected chi connectivity index (χ1v) is 4.02. The van der Waals surface area contributed by atoms with Crippen molar-refractivity contribution < 1.29 is 0 Å². The standard InChI is InChI=1S/C11H18/c1-7-11(9(4)5)10(6)8(2)3/h2,4,7H2,1,3,5-6H3/b11-10-. The van der Waals surface area contributed by atoms with Crippen LogP contribution in [0.15, 0.2) is 35.5 Å². The molecule has 0 heteroatoms. The topological polar surface area (TPSA) is 0 Å². The third-order valence-corrected chi connectivity index (χ3v) is 1.96. The fraction of sp³-hybridized carbons (Fsp3) is 0.455. The Morgan fingerprint density at radius 3 is 1.55 bits per heavy atom. The molecule has 0 nitrogen and oxygen atoms in total. The number of hydrogen-bond acceptors (Lipinski definition) is 0. The fourth-order valence-electron chi connectivity index (χ4n) is 1.14. The third kappa shape index (κ3) is 2.75. The molecule has 0 bridgehead atoms. The van der Waals surface area contributed by atoms with Crippen molar-refractivity contribution in [3.63, 3.8) is 0 Å². The largest absolute Gasteiger partial charge is 0.0958 e. The predicted octanol–water partition coefficient (Wildman–Crippen LogP) is 3.87. The molecule has 0 fully saturated rings. The van der Waals surface area contributed by atoms with E-state index in [0.717, 1.165) is 17.6 Å². The van der Waals surface area contributed by atoms with Gasteiger partial charge in [0, 0.05) is 0 Å². The predicted molar refractivity (Wildman–Crippen MR) is 52.6 cm³/mol. The van der Waals surface area contributed by atoms with E-state index in [-0.39, 0.29) is 0 Å². The smallest absolute Gasteiger partial charge is 0.0302 e. The van der Waals surface area contributed by atoms with Crippen molar-refractivity contribution in [1.82, 2.24) is 0 Å². The molecule has 0 aliphatic rings. The van der Waals surface area contributed by atoms with Gasteiger partial charge in [0.2, 0.25) is 0 Å². The highest BCUT2D eigenvalue weighted by Gasteiger charge is 2.00. The van der Waals surface area contributed by atoms with Crippen LogP contribution in [0.2, 0.25) is 0 Å². The van der Waals surface area contributed by atoms with Crippen molar-refractivity contribution in [1.29, 1.82) is 0 Å². The molecule has 0 heterocycles.